The summed E-state index contributed by atoms with van der Waals surface area (Å²) in [5.41, 5.74) is 1.29. The van der Waals surface area contributed by atoms with Gasteiger partial charge >= 0.3 is 5.69 Å². The molecule has 2 aromatic heterocycles. The topological polar surface area (TPSA) is 64.1 Å². The minimum atomic E-state index is -0.462. The molecule has 25 heavy (non-hydrogen) atoms. The van der Waals surface area contributed by atoms with Crippen LogP contribution in [-0.4, -0.2) is 9.55 Å². The Labute approximate surface area is 146 Å². The van der Waals surface area contributed by atoms with E-state index in [4.69, 9.17) is 4.74 Å². The number of rotatable bonds is 4. The maximum absolute atomic E-state index is 12.6. The number of thiophene rings is 1. The highest BCUT2D eigenvalue weighted by atomic mass is 32.1. The molecule has 0 aliphatic heterocycles. The van der Waals surface area contributed by atoms with Crippen molar-refractivity contribution in [1.29, 1.82) is 0 Å². The quantitative estimate of drug-likeness (QED) is 0.614. The van der Waals surface area contributed by atoms with Crippen LogP contribution in [0.15, 0.2) is 74.9 Å². The molecule has 6 heteroatoms. The molecule has 4 rings (SSSR count). The molecule has 0 spiro atoms. The third kappa shape index (κ3) is 2.99. The van der Waals surface area contributed by atoms with Crippen molar-refractivity contribution in [2.24, 2.45) is 0 Å². The van der Waals surface area contributed by atoms with Crippen molar-refractivity contribution in [2.45, 2.75) is 6.61 Å². The summed E-state index contributed by atoms with van der Waals surface area (Å²) in [6, 6.07) is 16.8. The fourth-order valence-corrected chi connectivity index (χ4v) is 3.38. The van der Waals surface area contributed by atoms with Crippen molar-refractivity contribution in [3.05, 3.63) is 91.8 Å². The molecule has 0 amide bonds. The standard InChI is InChI=1S/C19H14N2O3S/c22-18-16-11-25-12-17(16)20-19(23)21(18)14-7-4-8-15(9-14)24-10-13-5-2-1-3-6-13/h1-9,11-12H,10H2,(H,20,23). The van der Waals surface area contributed by atoms with Crippen molar-refractivity contribution < 1.29 is 4.74 Å². The highest BCUT2D eigenvalue weighted by Gasteiger charge is 2.10. The SMILES string of the molecule is O=c1[nH]c2cscc2c(=O)n1-c1cccc(OCc2ccccc2)c1. The van der Waals surface area contributed by atoms with Crippen LogP contribution in [0.2, 0.25) is 0 Å². The summed E-state index contributed by atoms with van der Waals surface area (Å²) in [6.45, 7) is 0.416. The van der Waals surface area contributed by atoms with Crippen LogP contribution in [0.25, 0.3) is 16.6 Å². The first-order valence-electron chi connectivity index (χ1n) is 7.71. The van der Waals surface area contributed by atoms with Gasteiger partial charge in [-0.1, -0.05) is 36.4 Å². The lowest BCUT2D eigenvalue weighted by molar-refractivity contribution is 0.306. The van der Waals surface area contributed by atoms with Crippen LogP contribution in [0, 0.1) is 0 Å². The first-order chi connectivity index (χ1) is 12.2. The van der Waals surface area contributed by atoms with Gasteiger partial charge in [0.05, 0.1) is 16.6 Å². The number of fused-ring (bicyclic) bond motifs is 1. The number of nitrogens with one attached hydrogen (secondary N) is 1. The first kappa shape index (κ1) is 15.4. The molecule has 0 fully saturated rings. The Kier molecular flexibility index (Phi) is 3.95. The second-order valence-corrected chi connectivity index (χ2v) is 6.29. The predicted octanol–water partition coefficient (Wildman–Crippen LogP) is 3.32. The Hall–Kier alpha value is -3.12. The molecular weight excluding hydrogens is 336 g/mol. The molecule has 0 atom stereocenters. The number of aromatic nitrogens is 2. The Morgan fingerprint density at radius 3 is 2.68 bits per heavy atom. The van der Waals surface area contributed by atoms with E-state index in [1.807, 2.05) is 30.3 Å². The third-order valence-electron chi connectivity index (χ3n) is 3.86. The lowest BCUT2D eigenvalue weighted by Crippen LogP contribution is -2.33. The van der Waals surface area contributed by atoms with Crippen molar-refractivity contribution in [1.82, 2.24) is 9.55 Å². The van der Waals surface area contributed by atoms with E-state index in [1.54, 1.807) is 35.0 Å². The summed E-state index contributed by atoms with van der Waals surface area (Å²) in [7, 11) is 0. The summed E-state index contributed by atoms with van der Waals surface area (Å²) in [5.74, 6) is 0.595. The molecule has 4 aromatic rings. The molecule has 2 heterocycles. The molecule has 0 saturated heterocycles. The summed E-state index contributed by atoms with van der Waals surface area (Å²) >= 11 is 1.38. The zero-order chi connectivity index (χ0) is 17.2. The molecule has 0 aliphatic carbocycles. The fourth-order valence-electron chi connectivity index (χ4n) is 2.63. The van der Waals surface area contributed by atoms with Crippen LogP contribution in [0.1, 0.15) is 5.56 Å². The smallest absolute Gasteiger partial charge is 0.333 e. The molecule has 1 N–H and O–H groups in total. The van der Waals surface area contributed by atoms with Gasteiger partial charge in [0, 0.05) is 16.8 Å². The van der Waals surface area contributed by atoms with Crippen LogP contribution in [-0.2, 0) is 6.61 Å². The molecule has 5 nitrogen and oxygen atoms in total. The number of aromatic amines is 1. The average molecular weight is 350 g/mol. The van der Waals surface area contributed by atoms with Crippen LogP contribution >= 0.6 is 11.3 Å². The van der Waals surface area contributed by atoms with Crippen molar-refractivity contribution in [3.8, 4) is 11.4 Å². The minimum Gasteiger partial charge on any atom is -0.489 e. The molecule has 0 bridgehead atoms. The third-order valence-corrected chi connectivity index (χ3v) is 4.61. The number of H-pyrrole nitrogens is 1. The van der Waals surface area contributed by atoms with Crippen LogP contribution in [0.4, 0.5) is 0 Å². The Morgan fingerprint density at radius 2 is 1.84 bits per heavy atom. The van der Waals surface area contributed by atoms with E-state index in [0.717, 1.165) is 10.1 Å². The van der Waals surface area contributed by atoms with Gasteiger partial charge in [-0.05, 0) is 17.7 Å². The van der Waals surface area contributed by atoms with Crippen LogP contribution in [0.3, 0.4) is 0 Å². The number of hydrogen-bond acceptors (Lipinski definition) is 4. The second-order valence-electron chi connectivity index (χ2n) is 5.54. The van der Waals surface area contributed by atoms with Gasteiger partial charge in [-0.25, -0.2) is 9.36 Å². The van der Waals surface area contributed by atoms with Crippen molar-refractivity contribution in [3.63, 3.8) is 0 Å². The number of nitrogens with zero attached hydrogens (tertiary/aromatic N) is 1. The average Bonchev–Trinajstić information content (AvgIpc) is 3.10. The number of benzene rings is 2. The molecule has 0 radical (unpaired) electrons. The van der Waals surface area contributed by atoms with Crippen molar-refractivity contribution >= 4 is 22.2 Å². The number of hydrogen-bond donors (Lipinski definition) is 1. The maximum atomic E-state index is 12.6. The molecule has 124 valence electrons. The van der Waals surface area contributed by atoms with Crippen LogP contribution in [0.5, 0.6) is 5.75 Å². The van der Waals surface area contributed by atoms with Gasteiger partial charge in [0.25, 0.3) is 5.56 Å². The van der Waals surface area contributed by atoms with E-state index in [-0.39, 0.29) is 5.56 Å². The molecule has 2 aromatic carbocycles. The summed E-state index contributed by atoms with van der Waals surface area (Å²) in [5, 5.41) is 3.99. The van der Waals surface area contributed by atoms with Crippen LogP contribution < -0.4 is 16.0 Å². The maximum Gasteiger partial charge on any atom is 0.333 e. The zero-order valence-corrected chi connectivity index (χ0v) is 14.0. The minimum absolute atomic E-state index is 0.333. The Balaban J connectivity index is 1.70. The Morgan fingerprint density at radius 1 is 1.00 bits per heavy atom. The van der Waals surface area contributed by atoms with E-state index in [0.29, 0.717) is 28.9 Å². The van der Waals surface area contributed by atoms with Gasteiger partial charge in [-0.2, -0.15) is 0 Å². The Bertz CT molecular complexity index is 1140. The first-order valence-corrected chi connectivity index (χ1v) is 8.65. The number of ether oxygens (including phenoxy) is 1. The molecule has 0 aliphatic rings. The van der Waals surface area contributed by atoms with E-state index < -0.39 is 5.69 Å². The second kappa shape index (κ2) is 6.41. The van der Waals surface area contributed by atoms with Gasteiger partial charge in [0.1, 0.15) is 12.4 Å². The van der Waals surface area contributed by atoms with Gasteiger partial charge < -0.3 is 9.72 Å². The van der Waals surface area contributed by atoms with E-state index in [2.05, 4.69) is 4.98 Å². The van der Waals surface area contributed by atoms with E-state index in [9.17, 15) is 9.59 Å². The van der Waals surface area contributed by atoms with E-state index >= 15 is 0 Å². The molecule has 0 saturated carbocycles. The van der Waals surface area contributed by atoms with Gasteiger partial charge in [-0.15, -0.1) is 11.3 Å². The zero-order valence-electron chi connectivity index (χ0n) is 13.1. The van der Waals surface area contributed by atoms with Gasteiger partial charge in [-0.3, -0.25) is 4.79 Å². The highest BCUT2D eigenvalue weighted by Crippen LogP contribution is 2.17. The summed E-state index contributed by atoms with van der Waals surface area (Å²) in [4.78, 5) is 27.7. The monoisotopic (exact) mass is 350 g/mol. The lowest BCUT2D eigenvalue weighted by Gasteiger charge is -2.09. The van der Waals surface area contributed by atoms with Crippen molar-refractivity contribution in [2.75, 3.05) is 0 Å². The largest absolute Gasteiger partial charge is 0.489 e. The lowest BCUT2D eigenvalue weighted by atomic mass is 10.2. The van der Waals surface area contributed by atoms with Gasteiger partial charge in [0.15, 0.2) is 0 Å². The summed E-state index contributed by atoms with van der Waals surface area (Å²) in [6.07, 6.45) is 0. The highest BCUT2D eigenvalue weighted by molar-refractivity contribution is 7.09. The fraction of sp³-hybridized carbons (Fsp3) is 0.0526. The normalized spacial score (nSPS) is 10.9. The van der Waals surface area contributed by atoms with E-state index in [1.165, 1.54) is 11.3 Å². The summed E-state index contributed by atoms with van der Waals surface area (Å²) < 4.78 is 6.91. The predicted molar refractivity (Wildman–Crippen MR) is 98.8 cm³/mol. The van der Waals surface area contributed by atoms with Gasteiger partial charge in [0.2, 0.25) is 0 Å². The molecular formula is C19H14N2O3S. The molecule has 0 unspecified atom stereocenters.